The van der Waals surface area contributed by atoms with Crippen molar-refractivity contribution in [3.63, 3.8) is 0 Å². The molecule has 0 saturated carbocycles. The lowest BCUT2D eigenvalue weighted by molar-refractivity contribution is -0.124. The Morgan fingerprint density at radius 3 is 2.12 bits per heavy atom. The quantitative estimate of drug-likeness (QED) is 0.616. The topological polar surface area (TPSA) is 49.4 Å². The molecule has 0 aromatic rings. The van der Waals surface area contributed by atoms with E-state index in [1.165, 1.54) is 0 Å². The van der Waals surface area contributed by atoms with Gasteiger partial charge in [-0.2, -0.15) is 0 Å². The van der Waals surface area contributed by atoms with Crippen LogP contribution >= 0.6 is 0 Å². The summed E-state index contributed by atoms with van der Waals surface area (Å²) >= 11 is 0. The molecule has 0 bridgehead atoms. The zero-order valence-electron chi connectivity index (χ0n) is 10.3. The van der Waals surface area contributed by atoms with Crippen LogP contribution < -0.4 is 5.32 Å². The number of nitrogens with zero attached hydrogens (tertiary/aromatic N) is 1. The van der Waals surface area contributed by atoms with E-state index in [4.69, 9.17) is 0 Å². The van der Waals surface area contributed by atoms with Gasteiger partial charge in [-0.05, 0) is 33.6 Å². The number of likely N-dealkylation sites (tertiary alicyclic amines) is 1. The highest BCUT2D eigenvalue weighted by atomic mass is 16.2. The fourth-order valence-corrected chi connectivity index (χ4v) is 2.66. The van der Waals surface area contributed by atoms with E-state index in [1.54, 1.807) is 0 Å². The lowest BCUT2D eigenvalue weighted by atomic mass is 9.83. The molecule has 0 atom stereocenters. The van der Waals surface area contributed by atoms with Crippen molar-refractivity contribution in [1.29, 1.82) is 0 Å². The number of hydrogen-bond acceptors (Lipinski definition) is 3. The van der Waals surface area contributed by atoms with E-state index in [0.717, 1.165) is 25.9 Å². The van der Waals surface area contributed by atoms with Gasteiger partial charge in [0, 0.05) is 18.6 Å². The van der Waals surface area contributed by atoms with Crippen molar-refractivity contribution in [3.05, 3.63) is 0 Å². The maximum absolute atomic E-state index is 11.8. The van der Waals surface area contributed by atoms with Crippen LogP contribution in [0.15, 0.2) is 0 Å². The first-order chi connectivity index (χ1) is 7.33. The number of rotatable bonds is 0. The molecule has 0 aromatic heterocycles. The third kappa shape index (κ3) is 1.86. The molecular weight excluding hydrogens is 204 g/mol. The molecule has 1 amide bonds. The zero-order chi connectivity index (χ0) is 12.0. The van der Waals surface area contributed by atoms with Crippen LogP contribution in [0.3, 0.4) is 0 Å². The molecule has 2 aliphatic heterocycles. The molecule has 2 saturated heterocycles. The van der Waals surface area contributed by atoms with E-state index in [-0.39, 0.29) is 23.7 Å². The fourth-order valence-electron chi connectivity index (χ4n) is 2.66. The van der Waals surface area contributed by atoms with E-state index in [2.05, 4.69) is 31.0 Å². The van der Waals surface area contributed by atoms with Gasteiger partial charge < -0.3 is 5.32 Å². The number of amides is 1. The monoisotopic (exact) mass is 224 g/mol. The van der Waals surface area contributed by atoms with Gasteiger partial charge in [-0.1, -0.05) is 0 Å². The second-order valence-electron chi connectivity index (χ2n) is 5.89. The number of ketones is 1. The molecule has 90 valence electrons. The maximum atomic E-state index is 11.8. The average molecular weight is 224 g/mol. The molecular formula is C12H20N2O2. The van der Waals surface area contributed by atoms with Crippen LogP contribution in [0.25, 0.3) is 0 Å². The van der Waals surface area contributed by atoms with Crippen LogP contribution in [0, 0.1) is 0 Å². The van der Waals surface area contributed by atoms with Gasteiger partial charge in [0.05, 0.1) is 6.42 Å². The lowest BCUT2D eigenvalue weighted by Gasteiger charge is -2.44. The van der Waals surface area contributed by atoms with Gasteiger partial charge in [0.1, 0.15) is 5.54 Å². The largest absolute Gasteiger partial charge is 0.343 e. The summed E-state index contributed by atoms with van der Waals surface area (Å²) in [6.45, 7) is 8.31. The van der Waals surface area contributed by atoms with Gasteiger partial charge in [0.15, 0.2) is 5.78 Å². The minimum atomic E-state index is -0.529. The first-order valence-electron chi connectivity index (χ1n) is 5.93. The highest BCUT2D eigenvalue weighted by Crippen LogP contribution is 2.31. The summed E-state index contributed by atoms with van der Waals surface area (Å²) in [6, 6.07) is 0. The second-order valence-corrected chi connectivity index (χ2v) is 5.89. The summed E-state index contributed by atoms with van der Waals surface area (Å²) in [5.74, 6) is -0.0136. The number of nitrogens with one attached hydrogen (secondary N) is 1. The number of hydrogen-bond donors (Lipinski definition) is 1. The van der Waals surface area contributed by atoms with Gasteiger partial charge in [0.25, 0.3) is 0 Å². The standard InChI is InChI=1S/C12H20N2O2/c1-11(2,3)14-6-4-12(5-7-14)9(15)8-10(16)13-12/h4-8H2,1-3H3,(H,13,16). The summed E-state index contributed by atoms with van der Waals surface area (Å²) in [7, 11) is 0. The SMILES string of the molecule is CC(C)(C)N1CCC2(CC1)NC(=O)CC2=O. The maximum Gasteiger partial charge on any atom is 0.228 e. The van der Waals surface area contributed by atoms with Crippen LogP contribution in [0.2, 0.25) is 0 Å². The van der Waals surface area contributed by atoms with Gasteiger partial charge in [-0.15, -0.1) is 0 Å². The van der Waals surface area contributed by atoms with E-state index in [9.17, 15) is 9.59 Å². The highest BCUT2D eigenvalue weighted by molar-refractivity contribution is 6.10. The molecule has 0 radical (unpaired) electrons. The summed E-state index contributed by atoms with van der Waals surface area (Å²) in [4.78, 5) is 25.4. The predicted molar refractivity (Wildman–Crippen MR) is 61.1 cm³/mol. The molecule has 4 nitrogen and oxygen atoms in total. The molecule has 0 aromatic carbocycles. The third-order valence-electron chi connectivity index (χ3n) is 3.80. The number of carbonyl (C=O) groups is 2. The minimum absolute atomic E-state index is 0.0789. The van der Waals surface area contributed by atoms with Crippen molar-refractivity contribution < 1.29 is 9.59 Å². The summed E-state index contributed by atoms with van der Waals surface area (Å²) < 4.78 is 0. The normalized spacial score (nSPS) is 26.2. The van der Waals surface area contributed by atoms with Crippen molar-refractivity contribution in [3.8, 4) is 0 Å². The predicted octanol–water partition coefficient (Wildman–Crippen LogP) is 0.708. The molecule has 2 rings (SSSR count). The molecule has 2 aliphatic rings. The summed E-state index contributed by atoms with van der Waals surface area (Å²) in [6.07, 6.45) is 1.60. The van der Waals surface area contributed by atoms with E-state index in [0.29, 0.717) is 0 Å². The molecule has 0 aliphatic carbocycles. The van der Waals surface area contributed by atoms with Crippen molar-refractivity contribution >= 4 is 11.7 Å². The Morgan fingerprint density at radius 1 is 1.19 bits per heavy atom. The Hall–Kier alpha value is -0.900. The molecule has 16 heavy (non-hydrogen) atoms. The van der Waals surface area contributed by atoms with Crippen LogP contribution in [-0.4, -0.2) is 40.8 Å². The smallest absolute Gasteiger partial charge is 0.228 e. The Kier molecular flexibility index (Phi) is 2.57. The molecule has 0 unspecified atom stereocenters. The fraction of sp³-hybridized carbons (Fsp3) is 0.833. The summed E-state index contributed by atoms with van der Waals surface area (Å²) in [5.41, 5.74) is -0.383. The number of carbonyl (C=O) groups excluding carboxylic acids is 2. The van der Waals surface area contributed by atoms with Crippen LogP contribution in [0.4, 0.5) is 0 Å². The molecule has 1 spiro atoms. The van der Waals surface area contributed by atoms with E-state index < -0.39 is 5.54 Å². The first-order valence-corrected chi connectivity index (χ1v) is 5.93. The molecule has 2 heterocycles. The van der Waals surface area contributed by atoms with Crippen LogP contribution in [0.5, 0.6) is 0 Å². The first kappa shape index (κ1) is 11.6. The minimum Gasteiger partial charge on any atom is -0.343 e. The van der Waals surface area contributed by atoms with Crippen molar-refractivity contribution in [2.75, 3.05) is 13.1 Å². The van der Waals surface area contributed by atoms with Gasteiger partial charge in [-0.3, -0.25) is 14.5 Å². The Morgan fingerprint density at radius 2 is 1.75 bits per heavy atom. The van der Waals surface area contributed by atoms with Crippen molar-refractivity contribution in [2.45, 2.75) is 51.1 Å². The number of Topliss-reactive ketones (excluding diaryl/α,β-unsaturated/α-hetero) is 1. The second kappa shape index (κ2) is 3.55. The van der Waals surface area contributed by atoms with Crippen molar-refractivity contribution in [1.82, 2.24) is 10.2 Å². The summed E-state index contributed by atoms with van der Waals surface area (Å²) in [5, 5.41) is 2.88. The van der Waals surface area contributed by atoms with E-state index in [1.807, 2.05) is 0 Å². The third-order valence-corrected chi connectivity index (χ3v) is 3.80. The van der Waals surface area contributed by atoms with Crippen molar-refractivity contribution in [2.24, 2.45) is 0 Å². The van der Waals surface area contributed by atoms with Gasteiger partial charge >= 0.3 is 0 Å². The van der Waals surface area contributed by atoms with Gasteiger partial charge in [-0.25, -0.2) is 0 Å². The van der Waals surface area contributed by atoms with E-state index >= 15 is 0 Å². The average Bonchev–Trinajstić information content (AvgIpc) is 2.41. The molecule has 2 fully saturated rings. The Balaban J connectivity index is 2.05. The van der Waals surface area contributed by atoms with Crippen LogP contribution in [-0.2, 0) is 9.59 Å². The number of piperidine rings is 1. The lowest BCUT2D eigenvalue weighted by Crippen LogP contribution is -2.57. The molecule has 4 heteroatoms. The Labute approximate surface area is 96.4 Å². The zero-order valence-corrected chi connectivity index (χ0v) is 10.3. The van der Waals surface area contributed by atoms with Crippen LogP contribution in [0.1, 0.15) is 40.0 Å². The van der Waals surface area contributed by atoms with Gasteiger partial charge in [0.2, 0.25) is 5.91 Å². The molecule has 1 N–H and O–H groups in total. The highest BCUT2D eigenvalue weighted by Gasteiger charge is 2.48. The Bertz CT molecular complexity index is 322.